The molecule has 2 rings (SSSR count). The Morgan fingerprint density at radius 1 is 1.26 bits per heavy atom. The largest absolute Gasteiger partial charge is 0.493 e. The van der Waals surface area contributed by atoms with Crippen molar-refractivity contribution in [3.8, 4) is 17.6 Å². The average molecular weight is 487 g/mol. The third kappa shape index (κ3) is 6.23. The summed E-state index contributed by atoms with van der Waals surface area (Å²) in [5, 5.41) is 10.4. The standard InChI is InChI=1S/C17H18N4O7S3/c1-10(2)31(25,26)17-20-16(29-21-17)19-15(22)12(9-18)7-11-5-6-13(14(8-11)27-3)28-30(4,23)24/h5-8,10H,1-4H3,(H,19,20,21,22)/b12-7-. The zero-order valence-corrected chi connectivity index (χ0v) is 19.3. The summed E-state index contributed by atoms with van der Waals surface area (Å²) in [6.07, 6.45) is 2.11. The van der Waals surface area contributed by atoms with Gasteiger partial charge in [-0.1, -0.05) is 6.07 Å². The van der Waals surface area contributed by atoms with Crippen LogP contribution in [0.1, 0.15) is 19.4 Å². The van der Waals surface area contributed by atoms with Crippen molar-refractivity contribution in [3.05, 3.63) is 29.3 Å². The first-order valence-electron chi connectivity index (χ1n) is 8.45. The van der Waals surface area contributed by atoms with E-state index in [1.807, 2.05) is 0 Å². The number of sulfone groups is 1. The molecule has 166 valence electrons. The molecule has 1 N–H and O–H groups in total. The van der Waals surface area contributed by atoms with Crippen molar-refractivity contribution >= 4 is 48.6 Å². The van der Waals surface area contributed by atoms with Crippen LogP contribution in [0.4, 0.5) is 5.13 Å². The first-order valence-corrected chi connectivity index (χ1v) is 12.6. The quantitative estimate of drug-likeness (QED) is 0.329. The van der Waals surface area contributed by atoms with Crippen LogP contribution in [0.25, 0.3) is 6.08 Å². The highest BCUT2D eigenvalue weighted by atomic mass is 32.2. The molecule has 0 aliphatic heterocycles. The third-order valence-corrected chi connectivity index (χ3v) is 6.77. The van der Waals surface area contributed by atoms with Gasteiger partial charge in [0.05, 0.1) is 18.6 Å². The maximum atomic E-state index is 12.4. The Labute approximate surface area is 183 Å². The zero-order valence-electron chi connectivity index (χ0n) is 16.8. The summed E-state index contributed by atoms with van der Waals surface area (Å²) < 4.78 is 60.4. The number of methoxy groups -OCH3 is 1. The number of nitrogens with zero attached hydrogens (tertiary/aromatic N) is 3. The summed E-state index contributed by atoms with van der Waals surface area (Å²) in [6, 6.07) is 5.85. The second kappa shape index (κ2) is 9.41. The molecule has 11 nitrogen and oxygen atoms in total. The Morgan fingerprint density at radius 2 is 1.94 bits per heavy atom. The molecule has 0 radical (unpaired) electrons. The fraction of sp³-hybridized carbons (Fsp3) is 0.294. The number of carbonyl (C=O) groups excluding carboxylic acids is 1. The van der Waals surface area contributed by atoms with Crippen molar-refractivity contribution in [3.63, 3.8) is 0 Å². The molecular weight excluding hydrogens is 468 g/mol. The van der Waals surface area contributed by atoms with Crippen LogP contribution in [-0.2, 0) is 24.7 Å². The predicted octanol–water partition coefficient (Wildman–Crippen LogP) is 1.61. The molecule has 0 aliphatic rings. The van der Waals surface area contributed by atoms with Crippen LogP contribution < -0.4 is 14.2 Å². The van der Waals surface area contributed by atoms with Gasteiger partial charge in [-0.25, -0.2) is 8.42 Å². The zero-order chi connectivity index (χ0) is 23.4. The van der Waals surface area contributed by atoms with Crippen LogP contribution in [0.15, 0.2) is 28.9 Å². The number of ether oxygens (including phenoxy) is 1. The molecule has 31 heavy (non-hydrogen) atoms. The van der Waals surface area contributed by atoms with Gasteiger partial charge in [0.25, 0.3) is 11.1 Å². The van der Waals surface area contributed by atoms with Gasteiger partial charge in [-0.2, -0.15) is 23.0 Å². The number of carbonyl (C=O) groups is 1. The Bertz CT molecular complexity index is 1270. The van der Waals surface area contributed by atoms with Gasteiger partial charge in [0, 0.05) is 11.5 Å². The van der Waals surface area contributed by atoms with Crippen molar-refractivity contribution in [1.29, 1.82) is 5.26 Å². The number of rotatable bonds is 8. The second-order valence-corrected chi connectivity index (χ2v) is 11.0. The van der Waals surface area contributed by atoms with Gasteiger partial charge >= 0.3 is 10.1 Å². The highest BCUT2D eigenvalue weighted by Gasteiger charge is 2.25. The van der Waals surface area contributed by atoms with Crippen molar-refractivity contribution in [1.82, 2.24) is 9.36 Å². The predicted molar refractivity (Wildman–Crippen MR) is 113 cm³/mol. The molecule has 14 heteroatoms. The van der Waals surface area contributed by atoms with E-state index in [1.165, 1.54) is 45.2 Å². The molecule has 0 spiro atoms. The van der Waals surface area contributed by atoms with E-state index in [0.29, 0.717) is 17.1 Å². The van der Waals surface area contributed by atoms with E-state index in [1.54, 1.807) is 6.07 Å². The van der Waals surface area contributed by atoms with Crippen LogP contribution in [-0.4, -0.2) is 50.7 Å². The van der Waals surface area contributed by atoms with Gasteiger partial charge in [-0.15, -0.1) is 0 Å². The first kappa shape index (κ1) is 24.3. The fourth-order valence-electron chi connectivity index (χ4n) is 2.07. The molecule has 0 bridgehead atoms. The second-order valence-electron chi connectivity index (χ2n) is 6.30. The van der Waals surface area contributed by atoms with E-state index in [-0.39, 0.29) is 22.2 Å². The summed E-state index contributed by atoms with van der Waals surface area (Å²) >= 11 is 0.667. The van der Waals surface area contributed by atoms with Crippen LogP contribution in [0, 0.1) is 11.3 Å². The van der Waals surface area contributed by atoms with Crippen LogP contribution in [0.5, 0.6) is 11.5 Å². The highest BCUT2D eigenvalue weighted by molar-refractivity contribution is 7.91. The Kier molecular flexibility index (Phi) is 7.37. The van der Waals surface area contributed by atoms with Gasteiger partial charge in [-0.05, 0) is 37.6 Å². The molecule has 1 amide bonds. The summed E-state index contributed by atoms with van der Waals surface area (Å²) in [7, 11) is -6.18. The first-order chi connectivity index (χ1) is 14.4. The minimum Gasteiger partial charge on any atom is -0.493 e. The molecule has 1 aromatic heterocycles. The molecule has 1 aromatic carbocycles. The molecule has 2 aromatic rings. The van der Waals surface area contributed by atoms with Crippen molar-refractivity contribution in [2.24, 2.45) is 0 Å². The lowest BCUT2D eigenvalue weighted by molar-refractivity contribution is -0.112. The van der Waals surface area contributed by atoms with Crippen LogP contribution in [0.3, 0.4) is 0 Å². The Hall–Kier alpha value is -3.02. The smallest absolute Gasteiger partial charge is 0.306 e. The summed E-state index contributed by atoms with van der Waals surface area (Å²) in [4.78, 5) is 16.2. The van der Waals surface area contributed by atoms with Crippen LogP contribution in [0.2, 0.25) is 0 Å². The van der Waals surface area contributed by atoms with Crippen molar-refractivity contribution in [2.45, 2.75) is 24.3 Å². The Balaban J connectivity index is 2.27. The lowest BCUT2D eigenvalue weighted by Crippen LogP contribution is -2.16. The number of anilines is 1. The molecule has 0 saturated carbocycles. The van der Waals surface area contributed by atoms with Crippen molar-refractivity contribution in [2.75, 3.05) is 18.7 Å². The molecule has 0 aliphatic carbocycles. The van der Waals surface area contributed by atoms with E-state index in [4.69, 9.17) is 8.92 Å². The molecule has 0 unspecified atom stereocenters. The fourth-order valence-corrected chi connectivity index (χ4v) is 4.23. The van der Waals surface area contributed by atoms with Gasteiger partial charge in [0.1, 0.15) is 11.6 Å². The number of amides is 1. The number of nitrogens with one attached hydrogen (secondary N) is 1. The number of nitriles is 1. The molecule has 0 fully saturated rings. The topological polar surface area (TPSA) is 165 Å². The van der Waals surface area contributed by atoms with Gasteiger partial charge in [-0.3, -0.25) is 10.1 Å². The third-order valence-electron chi connectivity index (χ3n) is 3.61. The molecule has 0 saturated heterocycles. The van der Waals surface area contributed by atoms with Crippen molar-refractivity contribution < 1.29 is 30.6 Å². The molecular formula is C17H18N4O7S3. The monoisotopic (exact) mass is 486 g/mol. The van der Waals surface area contributed by atoms with E-state index in [0.717, 1.165) is 6.26 Å². The minimum atomic E-state index is -3.78. The average Bonchev–Trinajstić information content (AvgIpc) is 3.14. The van der Waals surface area contributed by atoms with Gasteiger partial charge in [0.2, 0.25) is 15.0 Å². The van der Waals surface area contributed by atoms with E-state index in [9.17, 15) is 26.9 Å². The summed E-state index contributed by atoms with van der Waals surface area (Å²) in [5.41, 5.74) is 0.0343. The maximum absolute atomic E-state index is 12.4. The normalized spacial score (nSPS) is 12.3. The number of hydrogen-bond acceptors (Lipinski definition) is 11. The van der Waals surface area contributed by atoms with Gasteiger partial charge < -0.3 is 8.92 Å². The summed E-state index contributed by atoms with van der Waals surface area (Å²) in [5.74, 6) is -0.815. The van der Waals surface area contributed by atoms with Crippen LogP contribution >= 0.6 is 11.5 Å². The van der Waals surface area contributed by atoms with E-state index >= 15 is 0 Å². The van der Waals surface area contributed by atoms with Gasteiger partial charge in [0.15, 0.2) is 11.5 Å². The number of benzene rings is 1. The molecule has 0 atom stereocenters. The molecule has 1 heterocycles. The number of hydrogen-bond donors (Lipinski definition) is 1. The lowest BCUT2D eigenvalue weighted by Gasteiger charge is -2.09. The SMILES string of the molecule is COc1cc(/C=C(/C#N)C(=O)Nc2nc(S(=O)(=O)C(C)C)ns2)ccc1OS(C)(=O)=O. The maximum Gasteiger partial charge on any atom is 0.306 e. The highest BCUT2D eigenvalue weighted by Crippen LogP contribution is 2.30. The minimum absolute atomic E-state index is 0.0575. The van der Waals surface area contributed by atoms with E-state index < -0.39 is 36.3 Å². The number of aromatic nitrogens is 2. The summed E-state index contributed by atoms with van der Waals surface area (Å²) in [6.45, 7) is 2.96. The lowest BCUT2D eigenvalue weighted by atomic mass is 10.1. The Morgan fingerprint density at radius 3 is 2.48 bits per heavy atom. The van der Waals surface area contributed by atoms with E-state index in [2.05, 4.69) is 14.7 Å².